The Labute approximate surface area is 116 Å². The standard InChI is InChI=1S/C11H17BrN2O3S/c1-2-14(6-3-7-15)18(16,17)9-4-5-10(12)11(13)8-9/h4-5,8,15H,2-3,6-7,13H2,1H3. The average Bonchev–Trinajstić information content (AvgIpc) is 2.33. The molecule has 0 saturated heterocycles. The first-order chi connectivity index (χ1) is 8.43. The Morgan fingerprint density at radius 2 is 2.11 bits per heavy atom. The van der Waals surface area contributed by atoms with Gasteiger partial charge in [-0.05, 0) is 40.5 Å². The highest BCUT2D eigenvalue weighted by atomic mass is 79.9. The molecule has 7 heteroatoms. The maximum atomic E-state index is 12.3. The predicted octanol–water partition coefficient (Wildman–Crippen LogP) is 1.42. The number of benzene rings is 1. The van der Waals surface area contributed by atoms with Crippen LogP contribution in [-0.4, -0.2) is 37.5 Å². The van der Waals surface area contributed by atoms with Crippen molar-refractivity contribution in [2.45, 2.75) is 18.2 Å². The van der Waals surface area contributed by atoms with Gasteiger partial charge >= 0.3 is 0 Å². The summed E-state index contributed by atoms with van der Waals surface area (Å²) in [6.45, 7) is 2.38. The van der Waals surface area contributed by atoms with E-state index in [0.717, 1.165) is 0 Å². The number of aliphatic hydroxyl groups excluding tert-OH is 1. The minimum atomic E-state index is -3.54. The minimum absolute atomic E-state index is 0.0332. The molecule has 1 aromatic carbocycles. The highest BCUT2D eigenvalue weighted by Crippen LogP contribution is 2.24. The van der Waals surface area contributed by atoms with Gasteiger partial charge in [0.1, 0.15) is 0 Å². The lowest BCUT2D eigenvalue weighted by molar-refractivity contribution is 0.271. The van der Waals surface area contributed by atoms with Crippen molar-refractivity contribution < 1.29 is 13.5 Å². The molecule has 102 valence electrons. The van der Waals surface area contributed by atoms with Gasteiger partial charge in [0.05, 0.1) is 4.90 Å². The zero-order valence-corrected chi connectivity index (χ0v) is 12.5. The molecule has 5 nitrogen and oxygen atoms in total. The topological polar surface area (TPSA) is 83.6 Å². The number of nitrogens with zero attached hydrogens (tertiary/aromatic N) is 1. The van der Waals surface area contributed by atoms with Crippen LogP contribution in [0.2, 0.25) is 0 Å². The number of sulfonamides is 1. The van der Waals surface area contributed by atoms with Gasteiger partial charge in [0, 0.05) is 29.9 Å². The van der Waals surface area contributed by atoms with Crippen molar-refractivity contribution in [3.63, 3.8) is 0 Å². The van der Waals surface area contributed by atoms with Crippen LogP contribution < -0.4 is 5.73 Å². The van der Waals surface area contributed by atoms with Crippen molar-refractivity contribution in [2.24, 2.45) is 0 Å². The van der Waals surface area contributed by atoms with Gasteiger partial charge in [-0.15, -0.1) is 0 Å². The molecule has 18 heavy (non-hydrogen) atoms. The zero-order valence-electron chi connectivity index (χ0n) is 10.1. The van der Waals surface area contributed by atoms with E-state index in [9.17, 15) is 8.42 Å². The normalized spacial score (nSPS) is 12.0. The van der Waals surface area contributed by atoms with Gasteiger partial charge in [0.25, 0.3) is 0 Å². The summed E-state index contributed by atoms with van der Waals surface area (Å²) in [5.74, 6) is 0. The third-order valence-electron chi connectivity index (χ3n) is 2.52. The average molecular weight is 337 g/mol. The Hall–Kier alpha value is -0.630. The number of aliphatic hydroxyl groups is 1. The number of nitrogen functional groups attached to an aromatic ring is 1. The Kier molecular flexibility index (Phi) is 5.58. The number of anilines is 1. The highest BCUT2D eigenvalue weighted by Gasteiger charge is 2.22. The molecule has 0 radical (unpaired) electrons. The van der Waals surface area contributed by atoms with E-state index in [0.29, 0.717) is 29.7 Å². The van der Waals surface area contributed by atoms with E-state index in [1.165, 1.54) is 16.4 Å². The van der Waals surface area contributed by atoms with Crippen LogP contribution in [0.25, 0.3) is 0 Å². The molecule has 1 aromatic rings. The number of halogens is 1. The molecular weight excluding hydrogens is 320 g/mol. The molecule has 0 aliphatic carbocycles. The second-order valence-electron chi connectivity index (χ2n) is 3.76. The van der Waals surface area contributed by atoms with Crippen LogP contribution in [0.3, 0.4) is 0 Å². The van der Waals surface area contributed by atoms with Crippen molar-refractivity contribution in [1.82, 2.24) is 4.31 Å². The van der Waals surface area contributed by atoms with Gasteiger partial charge in [-0.2, -0.15) is 4.31 Å². The van der Waals surface area contributed by atoms with E-state index in [1.54, 1.807) is 13.0 Å². The Morgan fingerprint density at radius 1 is 1.44 bits per heavy atom. The molecular formula is C11H17BrN2O3S. The van der Waals surface area contributed by atoms with Crippen LogP contribution >= 0.6 is 15.9 Å². The Balaban J connectivity index is 3.06. The molecule has 0 bridgehead atoms. The van der Waals surface area contributed by atoms with Gasteiger partial charge in [-0.1, -0.05) is 6.92 Å². The summed E-state index contributed by atoms with van der Waals surface area (Å²) in [7, 11) is -3.54. The molecule has 0 fully saturated rings. The Bertz CT molecular complexity index is 505. The zero-order chi connectivity index (χ0) is 13.8. The quantitative estimate of drug-likeness (QED) is 0.769. The van der Waals surface area contributed by atoms with E-state index in [2.05, 4.69) is 15.9 Å². The van der Waals surface area contributed by atoms with Crippen LogP contribution in [0, 0.1) is 0 Å². The van der Waals surface area contributed by atoms with E-state index in [-0.39, 0.29) is 11.5 Å². The van der Waals surface area contributed by atoms with Crippen LogP contribution in [0.5, 0.6) is 0 Å². The van der Waals surface area contributed by atoms with Crippen LogP contribution in [-0.2, 0) is 10.0 Å². The van der Waals surface area contributed by atoms with Crippen LogP contribution in [0.15, 0.2) is 27.6 Å². The molecule has 3 N–H and O–H groups in total. The molecule has 0 unspecified atom stereocenters. The molecule has 0 spiro atoms. The predicted molar refractivity (Wildman–Crippen MR) is 74.7 cm³/mol. The summed E-state index contributed by atoms with van der Waals surface area (Å²) in [5.41, 5.74) is 6.07. The van der Waals surface area contributed by atoms with E-state index in [1.807, 2.05) is 0 Å². The van der Waals surface area contributed by atoms with Crippen molar-refractivity contribution >= 4 is 31.6 Å². The first-order valence-corrected chi connectivity index (χ1v) is 7.82. The van der Waals surface area contributed by atoms with Crippen molar-refractivity contribution in [3.05, 3.63) is 22.7 Å². The fourth-order valence-electron chi connectivity index (χ4n) is 1.53. The first kappa shape index (κ1) is 15.4. The fraction of sp³-hybridized carbons (Fsp3) is 0.455. The van der Waals surface area contributed by atoms with Gasteiger partial charge in [0.15, 0.2) is 0 Å². The molecule has 0 aliphatic heterocycles. The van der Waals surface area contributed by atoms with Gasteiger partial charge in [-0.25, -0.2) is 8.42 Å². The van der Waals surface area contributed by atoms with Crippen LogP contribution in [0.4, 0.5) is 5.69 Å². The molecule has 1 rings (SSSR count). The largest absolute Gasteiger partial charge is 0.398 e. The van der Waals surface area contributed by atoms with Crippen LogP contribution in [0.1, 0.15) is 13.3 Å². The lowest BCUT2D eigenvalue weighted by atomic mass is 10.3. The second kappa shape index (κ2) is 6.51. The third-order valence-corrected chi connectivity index (χ3v) is 5.22. The van der Waals surface area contributed by atoms with Gasteiger partial charge < -0.3 is 10.8 Å². The molecule has 0 saturated carbocycles. The molecule has 0 atom stereocenters. The number of hydrogen-bond donors (Lipinski definition) is 2. The molecule has 0 aliphatic rings. The molecule has 0 amide bonds. The van der Waals surface area contributed by atoms with E-state index < -0.39 is 10.0 Å². The summed E-state index contributed by atoms with van der Waals surface area (Å²) in [6.07, 6.45) is 0.416. The minimum Gasteiger partial charge on any atom is -0.398 e. The first-order valence-electron chi connectivity index (χ1n) is 5.59. The second-order valence-corrected chi connectivity index (χ2v) is 6.55. The van der Waals surface area contributed by atoms with Crippen molar-refractivity contribution in [1.29, 1.82) is 0 Å². The molecule has 0 aromatic heterocycles. The smallest absolute Gasteiger partial charge is 0.243 e. The molecule has 0 heterocycles. The fourth-order valence-corrected chi connectivity index (χ4v) is 3.30. The van der Waals surface area contributed by atoms with E-state index in [4.69, 9.17) is 10.8 Å². The number of nitrogens with two attached hydrogens (primary N) is 1. The maximum absolute atomic E-state index is 12.3. The summed E-state index contributed by atoms with van der Waals surface area (Å²) >= 11 is 3.23. The maximum Gasteiger partial charge on any atom is 0.243 e. The van der Waals surface area contributed by atoms with Gasteiger partial charge in [-0.3, -0.25) is 0 Å². The summed E-state index contributed by atoms with van der Waals surface area (Å²) in [5, 5.41) is 8.78. The monoisotopic (exact) mass is 336 g/mol. The lowest BCUT2D eigenvalue weighted by Gasteiger charge is -2.20. The van der Waals surface area contributed by atoms with E-state index >= 15 is 0 Å². The number of hydrogen-bond acceptors (Lipinski definition) is 4. The third kappa shape index (κ3) is 3.44. The SMILES string of the molecule is CCN(CCCO)S(=O)(=O)c1ccc(Br)c(N)c1. The Morgan fingerprint density at radius 3 is 2.61 bits per heavy atom. The van der Waals surface area contributed by atoms with Crippen molar-refractivity contribution in [3.8, 4) is 0 Å². The summed E-state index contributed by atoms with van der Waals surface area (Å²) in [4.78, 5) is 0.169. The highest BCUT2D eigenvalue weighted by molar-refractivity contribution is 9.10. The van der Waals surface area contributed by atoms with Crippen molar-refractivity contribution in [2.75, 3.05) is 25.4 Å². The summed E-state index contributed by atoms with van der Waals surface area (Å²) in [6, 6.07) is 4.56. The lowest BCUT2D eigenvalue weighted by Crippen LogP contribution is -2.32. The van der Waals surface area contributed by atoms with Gasteiger partial charge in [0.2, 0.25) is 10.0 Å². The number of rotatable bonds is 6. The summed E-state index contributed by atoms with van der Waals surface area (Å²) < 4.78 is 26.6.